The zero-order valence-corrected chi connectivity index (χ0v) is 11.4. The van der Waals surface area contributed by atoms with Crippen molar-refractivity contribution in [3.8, 4) is 5.75 Å². The monoisotopic (exact) mass is 285 g/mol. The molecule has 0 saturated heterocycles. The summed E-state index contributed by atoms with van der Waals surface area (Å²) in [5, 5.41) is 19.8. The molecule has 1 aromatic carbocycles. The fourth-order valence-electron chi connectivity index (χ4n) is 2.16. The molecule has 104 valence electrons. The number of ether oxygens (including phenoxy) is 1. The van der Waals surface area contributed by atoms with Crippen molar-refractivity contribution in [2.75, 3.05) is 13.2 Å². The number of nitrogens with two attached hydrogens (primary N) is 1. The molecule has 4 N–H and O–H groups in total. The minimum absolute atomic E-state index is 0.141. The third kappa shape index (κ3) is 3.04. The Balaban J connectivity index is 2.33. The quantitative estimate of drug-likeness (QED) is 0.673. The first-order valence-electron chi connectivity index (χ1n) is 6.21. The van der Waals surface area contributed by atoms with Gasteiger partial charge in [-0.15, -0.1) is 0 Å². The summed E-state index contributed by atoms with van der Waals surface area (Å²) in [5.41, 5.74) is 6.79. The Morgan fingerprint density at radius 2 is 2.32 bits per heavy atom. The van der Waals surface area contributed by atoms with E-state index in [1.165, 1.54) is 0 Å². The van der Waals surface area contributed by atoms with Crippen LogP contribution in [0.4, 0.5) is 0 Å². The van der Waals surface area contributed by atoms with Gasteiger partial charge in [0.25, 0.3) is 0 Å². The highest BCUT2D eigenvalue weighted by molar-refractivity contribution is 6.63. The van der Waals surface area contributed by atoms with Crippen LogP contribution >= 0.6 is 11.6 Å². The normalized spacial score (nSPS) is 19.4. The molecule has 1 aliphatic heterocycles. The van der Waals surface area contributed by atoms with Gasteiger partial charge in [0.2, 0.25) is 0 Å². The topological polar surface area (TPSA) is 84.9 Å². The second-order valence-electron chi connectivity index (χ2n) is 4.59. The summed E-state index contributed by atoms with van der Waals surface area (Å²) in [6.45, 7) is 2.20. The van der Waals surface area contributed by atoms with Crippen LogP contribution in [0.3, 0.4) is 0 Å². The SMILES string of the molecule is CC(O)COc1ccc(Cl)c2c1B(O)O[C@@H]2CCN. The number of fused-ring (bicyclic) bond motifs is 1. The summed E-state index contributed by atoms with van der Waals surface area (Å²) in [6, 6.07) is 3.36. The van der Waals surface area contributed by atoms with Crippen LogP contribution in [-0.4, -0.2) is 36.5 Å². The number of hydrogen-bond acceptors (Lipinski definition) is 5. The molecule has 0 radical (unpaired) electrons. The molecule has 0 bridgehead atoms. The molecule has 1 unspecified atom stereocenters. The number of aliphatic hydroxyl groups excluding tert-OH is 1. The summed E-state index contributed by atoms with van der Waals surface area (Å²) in [6.07, 6.45) is -0.341. The molecule has 0 spiro atoms. The van der Waals surface area contributed by atoms with Crippen molar-refractivity contribution in [2.24, 2.45) is 5.73 Å². The van der Waals surface area contributed by atoms with Crippen molar-refractivity contribution in [3.63, 3.8) is 0 Å². The summed E-state index contributed by atoms with van der Waals surface area (Å²) >= 11 is 6.16. The summed E-state index contributed by atoms with van der Waals surface area (Å²) in [5.74, 6) is 0.479. The molecule has 2 atom stereocenters. The van der Waals surface area contributed by atoms with Gasteiger partial charge in [0, 0.05) is 16.0 Å². The maximum absolute atomic E-state index is 9.98. The van der Waals surface area contributed by atoms with E-state index in [0.717, 1.165) is 5.56 Å². The van der Waals surface area contributed by atoms with E-state index in [1.807, 2.05) is 0 Å². The lowest BCUT2D eigenvalue weighted by atomic mass is 9.78. The molecule has 1 aromatic rings. The fourth-order valence-corrected chi connectivity index (χ4v) is 2.45. The van der Waals surface area contributed by atoms with Gasteiger partial charge in [-0.2, -0.15) is 0 Å². The van der Waals surface area contributed by atoms with E-state index in [-0.39, 0.29) is 12.7 Å². The summed E-state index contributed by atoms with van der Waals surface area (Å²) in [4.78, 5) is 0. The van der Waals surface area contributed by atoms with Crippen LogP contribution in [0.15, 0.2) is 12.1 Å². The average Bonchev–Trinajstić information content (AvgIpc) is 2.67. The second-order valence-corrected chi connectivity index (χ2v) is 4.99. The van der Waals surface area contributed by atoms with Gasteiger partial charge in [0.05, 0.1) is 12.2 Å². The maximum Gasteiger partial charge on any atom is 0.495 e. The highest BCUT2D eigenvalue weighted by atomic mass is 35.5. The van der Waals surface area contributed by atoms with Gasteiger partial charge in [-0.25, -0.2) is 0 Å². The first-order valence-corrected chi connectivity index (χ1v) is 6.59. The largest absolute Gasteiger partial charge is 0.495 e. The Kier molecular flexibility index (Phi) is 4.70. The molecule has 19 heavy (non-hydrogen) atoms. The average molecular weight is 286 g/mol. The number of rotatable bonds is 5. The minimum atomic E-state index is -1.07. The Morgan fingerprint density at radius 3 is 2.95 bits per heavy atom. The molecule has 0 saturated carbocycles. The molecule has 1 heterocycles. The van der Waals surface area contributed by atoms with E-state index in [1.54, 1.807) is 19.1 Å². The molecule has 0 amide bonds. The third-order valence-corrected chi connectivity index (χ3v) is 3.29. The van der Waals surface area contributed by atoms with E-state index in [2.05, 4.69) is 0 Å². The molecular weight excluding hydrogens is 268 g/mol. The Morgan fingerprint density at radius 1 is 1.58 bits per heavy atom. The van der Waals surface area contributed by atoms with Crippen LogP contribution in [0.2, 0.25) is 5.02 Å². The van der Waals surface area contributed by atoms with E-state index in [0.29, 0.717) is 29.2 Å². The maximum atomic E-state index is 9.98. The van der Waals surface area contributed by atoms with Gasteiger partial charge in [-0.3, -0.25) is 0 Å². The lowest BCUT2D eigenvalue weighted by molar-refractivity contribution is 0.123. The fraction of sp³-hybridized carbons (Fsp3) is 0.500. The van der Waals surface area contributed by atoms with E-state index in [9.17, 15) is 10.1 Å². The smallest absolute Gasteiger partial charge is 0.491 e. The van der Waals surface area contributed by atoms with E-state index < -0.39 is 13.2 Å². The molecule has 2 rings (SSSR count). The Hall–Kier alpha value is -0.785. The molecule has 1 aliphatic rings. The van der Waals surface area contributed by atoms with Crippen molar-refractivity contribution < 1.29 is 19.5 Å². The second kappa shape index (κ2) is 6.11. The Bertz CT molecular complexity index is 458. The van der Waals surface area contributed by atoms with Crippen LogP contribution in [0.25, 0.3) is 0 Å². The van der Waals surface area contributed by atoms with Crippen LogP contribution in [0, 0.1) is 0 Å². The Labute approximate surface area is 117 Å². The first kappa shape index (κ1) is 14.6. The first-order chi connectivity index (χ1) is 9.04. The van der Waals surface area contributed by atoms with Crippen molar-refractivity contribution >= 4 is 24.2 Å². The minimum Gasteiger partial charge on any atom is -0.491 e. The summed E-state index contributed by atoms with van der Waals surface area (Å²) < 4.78 is 10.9. The molecule has 0 fully saturated rings. The van der Waals surface area contributed by atoms with Gasteiger partial charge in [0.1, 0.15) is 12.4 Å². The number of hydrogen-bond donors (Lipinski definition) is 3. The van der Waals surface area contributed by atoms with E-state index >= 15 is 0 Å². The summed E-state index contributed by atoms with van der Waals surface area (Å²) in [7, 11) is -1.07. The molecule has 5 nitrogen and oxygen atoms in total. The van der Waals surface area contributed by atoms with Crippen molar-refractivity contribution in [3.05, 3.63) is 22.7 Å². The zero-order chi connectivity index (χ0) is 14.0. The van der Waals surface area contributed by atoms with Crippen LogP contribution < -0.4 is 15.9 Å². The molecule has 7 heteroatoms. The van der Waals surface area contributed by atoms with Crippen molar-refractivity contribution in [2.45, 2.75) is 25.6 Å². The predicted molar refractivity (Wildman–Crippen MR) is 73.7 cm³/mol. The van der Waals surface area contributed by atoms with Gasteiger partial charge in [-0.1, -0.05) is 11.6 Å². The van der Waals surface area contributed by atoms with Crippen molar-refractivity contribution in [1.82, 2.24) is 0 Å². The van der Waals surface area contributed by atoms with Gasteiger partial charge in [-0.05, 0) is 32.0 Å². The van der Waals surface area contributed by atoms with Gasteiger partial charge >= 0.3 is 7.12 Å². The number of halogens is 1. The molecular formula is C12H17BClNO4. The lowest BCUT2D eigenvalue weighted by Gasteiger charge is -2.14. The lowest BCUT2D eigenvalue weighted by Crippen LogP contribution is -2.31. The van der Waals surface area contributed by atoms with Crippen LogP contribution in [0.5, 0.6) is 5.75 Å². The van der Waals surface area contributed by atoms with Crippen LogP contribution in [-0.2, 0) is 4.65 Å². The molecule has 0 aliphatic carbocycles. The van der Waals surface area contributed by atoms with Gasteiger partial charge < -0.3 is 25.3 Å². The standard InChI is InChI=1S/C12H17BClNO4/c1-7(16)6-18-10-3-2-8(14)11-9(4-5-15)19-13(17)12(10)11/h2-3,7,9,16-17H,4-6,15H2,1H3/t7?,9-/m1/s1. The molecule has 0 aromatic heterocycles. The van der Waals surface area contributed by atoms with Gasteiger partial charge in [0.15, 0.2) is 0 Å². The van der Waals surface area contributed by atoms with Crippen molar-refractivity contribution in [1.29, 1.82) is 0 Å². The highest BCUT2D eigenvalue weighted by Gasteiger charge is 2.39. The number of benzene rings is 1. The highest BCUT2D eigenvalue weighted by Crippen LogP contribution is 2.35. The van der Waals surface area contributed by atoms with E-state index in [4.69, 9.17) is 26.7 Å². The number of aliphatic hydroxyl groups is 1. The zero-order valence-electron chi connectivity index (χ0n) is 10.7. The third-order valence-electron chi connectivity index (χ3n) is 2.96. The predicted octanol–water partition coefficient (Wildman–Crippen LogP) is 0.207. The van der Waals surface area contributed by atoms with Crippen LogP contribution in [0.1, 0.15) is 25.0 Å².